The molecule has 24 heavy (non-hydrogen) atoms. The van der Waals surface area contributed by atoms with E-state index in [1.54, 1.807) is 0 Å². The summed E-state index contributed by atoms with van der Waals surface area (Å²) in [5.74, 6) is -0.0866. The normalized spacial score (nSPS) is 20.8. The second-order valence-corrected chi connectivity index (χ2v) is 6.10. The van der Waals surface area contributed by atoms with Crippen molar-refractivity contribution in [2.24, 2.45) is 0 Å². The Morgan fingerprint density at radius 2 is 2.38 bits per heavy atom. The summed E-state index contributed by atoms with van der Waals surface area (Å²) in [6, 6.07) is 0. The number of hydrogen-bond donors (Lipinski definition) is 1. The van der Waals surface area contributed by atoms with Crippen molar-refractivity contribution in [3.05, 3.63) is 21.6 Å². The van der Waals surface area contributed by atoms with Crippen LogP contribution in [0.3, 0.4) is 0 Å². The van der Waals surface area contributed by atoms with Crippen molar-refractivity contribution in [1.29, 1.82) is 0 Å². The molecule has 2 N–H and O–H groups in total. The number of nitro groups is 1. The Morgan fingerprint density at radius 1 is 1.58 bits per heavy atom. The van der Waals surface area contributed by atoms with Gasteiger partial charge in [0.2, 0.25) is 5.95 Å². The van der Waals surface area contributed by atoms with Gasteiger partial charge in [0.1, 0.15) is 18.5 Å². The molecule has 1 aliphatic rings. The van der Waals surface area contributed by atoms with Crippen LogP contribution in [0, 0.1) is 10.1 Å². The summed E-state index contributed by atoms with van der Waals surface area (Å²) < 4.78 is 12.4. The minimum atomic E-state index is -1.64. The van der Waals surface area contributed by atoms with Gasteiger partial charge in [-0.1, -0.05) is 11.6 Å². The Labute approximate surface area is 142 Å². The van der Waals surface area contributed by atoms with Gasteiger partial charge in [0.25, 0.3) is 0 Å². The summed E-state index contributed by atoms with van der Waals surface area (Å²) in [6.07, 6.45) is 3.48. The molecule has 11 heteroatoms. The smallest absolute Gasteiger partial charge is 0.322 e. The van der Waals surface area contributed by atoms with Crippen LogP contribution in [-0.2, 0) is 15.1 Å². The number of aromatic nitrogens is 4. The molecule has 1 aliphatic heterocycles. The molecule has 1 fully saturated rings. The molecule has 1 saturated heterocycles. The van der Waals surface area contributed by atoms with Gasteiger partial charge in [-0.2, -0.15) is 9.97 Å². The van der Waals surface area contributed by atoms with E-state index in [2.05, 4.69) is 15.0 Å². The lowest BCUT2D eigenvalue weighted by atomic mass is 10.2. The zero-order chi connectivity index (χ0) is 17.3. The van der Waals surface area contributed by atoms with Gasteiger partial charge in [-0.15, -0.1) is 0 Å². The number of rotatable bonds is 5. The van der Waals surface area contributed by atoms with Crippen LogP contribution in [0.25, 0.3) is 11.2 Å². The van der Waals surface area contributed by atoms with Gasteiger partial charge in [-0.3, -0.25) is 10.1 Å². The average molecular weight is 357 g/mol. The van der Waals surface area contributed by atoms with Gasteiger partial charge >= 0.3 is 5.66 Å². The standard InChI is InChI=1S/C13H17ClN6O4/c1-13(20(21)22,6-24-8-4-2-3-5-23-8)19-7-16-9-10(14)17-12(15)18-11(9)19/h7-8H,2-6H2,1H3,(H2,15,17,18). The fourth-order valence-electron chi connectivity index (χ4n) is 2.54. The molecule has 0 saturated carbocycles. The van der Waals surface area contributed by atoms with Crippen LogP contribution in [0.2, 0.25) is 5.15 Å². The van der Waals surface area contributed by atoms with Crippen molar-refractivity contribution in [3.63, 3.8) is 0 Å². The lowest BCUT2D eigenvalue weighted by Gasteiger charge is -2.27. The molecule has 10 nitrogen and oxygen atoms in total. The summed E-state index contributed by atoms with van der Waals surface area (Å²) in [5.41, 5.74) is 4.38. The predicted octanol–water partition coefficient (Wildman–Crippen LogP) is 1.55. The third-order valence-electron chi connectivity index (χ3n) is 3.96. The first kappa shape index (κ1) is 16.8. The van der Waals surface area contributed by atoms with Gasteiger partial charge in [-0.05, 0) is 19.3 Å². The van der Waals surface area contributed by atoms with Gasteiger partial charge in [0.05, 0.1) is 4.92 Å². The predicted molar refractivity (Wildman–Crippen MR) is 84.9 cm³/mol. The van der Waals surface area contributed by atoms with Crippen LogP contribution in [0.1, 0.15) is 26.2 Å². The molecule has 0 amide bonds. The highest BCUT2D eigenvalue weighted by molar-refractivity contribution is 6.33. The number of nitrogen functional groups attached to an aromatic ring is 1. The van der Waals surface area contributed by atoms with Crippen molar-refractivity contribution in [1.82, 2.24) is 19.5 Å². The largest absolute Gasteiger partial charge is 0.368 e. The number of ether oxygens (including phenoxy) is 2. The Hall–Kier alpha value is -2.04. The summed E-state index contributed by atoms with van der Waals surface area (Å²) in [5, 5.41) is 11.8. The van der Waals surface area contributed by atoms with E-state index in [9.17, 15) is 10.1 Å². The molecule has 3 heterocycles. The first-order valence-corrected chi connectivity index (χ1v) is 7.84. The first-order chi connectivity index (χ1) is 11.4. The van der Waals surface area contributed by atoms with Crippen LogP contribution < -0.4 is 5.73 Å². The van der Waals surface area contributed by atoms with Crippen molar-refractivity contribution in [2.75, 3.05) is 18.9 Å². The van der Waals surface area contributed by atoms with Crippen LogP contribution in [0.5, 0.6) is 0 Å². The zero-order valence-electron chi connectivity index (χ0n) is 13.0. The van der Waals surface area contributed by atoms with E-state index in [1.165, 1.54) is 17.8 Å². The molecule has 0 radical (unpaired) electrons. The fourth-order valence-corrected chi connectivity index (χ4v) is 2.76. The molecule has 0 bridgehead atoms. The summed E-state index contributed by atoms with van der Waals surface area (Å²) in [6.45, 7) is 1.80. The van der Waals surface area contributed by atoms with E-state index >= 15 is 0 Å². The first-order valence-electron chi connectivity index (χ1n) is 7.46. The minimum absolute atomic E-state index is 0.0403. The van der Waals surface area contributed by atoms with E-state index in [1.807, 2.05) is 0 Å². The summed E-state index contributed by atoms with van der Waals surface area (Å²) in [4.78, 5) is 23.2. The number of nitrogens with two attached hydrogens (primary N) is 1. The van der Waals surface area contributed by atoms with E-state index in [0.717, 1.165) is 12.8 Å². The average Bonchev–Trinajstić information content (AvgIpc) is 2.98. The summed E-state index contributed by atoms with van der Waals surface area (Å²) >= 11 is 5.98. The molecule has 2 unspecified atom stereocenters. The Bertz CT molecular complexity index is 762. The maximum Gasteiger partial charge on any atom is 0.322 e. The van der Waals surface area contributed by atoms with E-state index in [-0.39, 0.29) is 28.9 Å². The third-order valence-corrected chi connectivity index (χ3v) is 4.23. The third kappa shape index (κ3) is 2.99. The molecule has 0 spiro atoms. The molecule has 0 aliphatic carbocycles. The van der Waals surface area contributed by atoms with Crippen LogP contribution in [-0.4, -0.2) is 43.9 Å². The molecule has 0 aromatic carbocycles. The van der Waals surface area contributed by atoms with Gasteiger partial charge in [-0.25, -0.2) is 9.55 Å². The lowest BCUT2D eigenvalue weighted by molar-refractivity contribution is -0.602. The second kappa shape index (κ2) is 6.46. The highest BCUT2D eigenvalue weighted by atomic mass is 35.5. The number of imidazole rings is 1. The zero-order valence-corrected chi connectivity index (χ0v) is 13.8. The Kier molecular flexibility index (Phi) is 4.52. The summed E-state index contributed by atoms with van der Waals surface area (Å²) in [7, 11) is 0. The fraction of sp³-hybridized carbons (Fsp3) is 0.615. The number of fused-ring (bicyclic) bond motifs is 1. The van der Waals surface area contributed by atoms with Crippen LogP contribution in [0.15, 0.2) is 6.33 Å². The quantitative estimate of drug-likeness (QED) is 0.485. The van der Waals surface area contributed by atoms with E-state index < -0.39 is 16.9 Å². The molecule has 2 aromatic rings. The second-order valence-electron chi connectivity index (χ2n) is 5.74. The SMILES string of the molecule is CC(COC1CCCCO1)(n1cnc2c(Cl)nc(N)nc21)[N+](=O)[O-]. The Balaban J connectivity index is 1.93. The lowest BCUT2D eigenvalue weighted by Crippen LogP contribution is -2.44. The van der Waals surface area contributed by atoms with Crippen LogP contribution in [0.4, 0.5) is 5.95 Å². The minimum Gasteiger partial charge on any atom is -0.368 e. The molecule has 2 aromatic heterocycles. The number of nitrogens with zero attached hydrogens (tertiary/aromatic N) is 5. The number of halogens is 1. The van der Waals surface area contributed by atoms with Crippen LogP contribution >= 0.6 is 11.6 Å². The molecular formula is C13H17ClN6O4. The van der Waals surface area contributed by atoms with Gasteiger partial charge < -0.3 is 15.2 Å². The number of hydrogen-bond acceptors (Lipinski definition) is 8. The number of anilines is 1. The maximum absolute atomic E-state index is 11.7. The van der Waals surface area contributed by atoms with Gasteiger partial charge in [0, 0.05) is 13.5 Å². The van der Waals surface area contributed by atoms with E-state index in [0.29, 0.717) is 13.0 Å². The highest BCUT2D eigenvalue weighted by Gasteiger charge is 2.42. The molecular weight excluding hydrogens is 340 g/mol. The molecule has 3 rings (SSSR count). The highest BCUT2D eigenvalue weighted by Crippen LogP contribution is 2.27. The van der Waals surface area contributed by atoms with Crippen molar-refractivity contribution < 1.29 is 14.4 Å². The maximum atomic E-state index is 11.7. The van der Waals surface area contributed by atoms with Crippen molar-refractivity contribution in [3.8, 4) is 0 Å². The van der Waals surface area contributed by atoms with Crippen molar-refractivity contribution in [2.45, 2.75) is 38.1 Å². The Morgan fingerprint density at radius 3 is 3.04 bits per heavy atom. The monoisotopic (exact) mass is 356 g/mol. The van der Waals surface area contributed by atoms with Gasteiger partial charge in [0.15, 0.2) is 17.1 Å². The molecule has 2 atom stereocenters. The molecule has 130 valence electrons. The van der Waals surface area contributed by atoms with Crippen molar-refractivity contribution >= 4 is 28.7 Å². The van der Waals surface area contributed by atoms with E-state index in [4.69, 9.17) is 26.8 Å². The topological polar surface area (TPSA) is 131 Å².